The van der Waals surface area contributed by atoms with E-state index in [1.54, 1.807) is 0 Å². The van der Waals surface area contributed by atoms with Crippen LogP contribution in [0.25, 0.3) is 0 Å². The molecule has 23 heavy (non-hydrogen) atoms. The van der Waals surface area contributed by atoms with Gasteiger partial charge >= 0.3 is 0 Å². The zero-order chi connectivity index (χ0) is 16.1. The average Bonchev–Trinajstić information content (AvgIpc) is 2.64. The average molecular weight is 307 g/mol. The normalized spacial score (nSPS) is 17.8. The zero-order valence-corrected chi connectivity index (χ0v) is 13.8. The Labute approximate surface area is 139 Å². The van der Waals surface area contributed by atoms with Crippen LogP contribution in [0.1, 0.15) is 49.3 Å². The first-order valence-electron chi connectivity index (χ1n) is 8.66. The number of hydrogen-bond acceptors (Lipinski definition) is 2. The van der Waals surface area contributed by atoms with Crippen LogP contribution in [0.5, 0.6) is 0 Å². The molecule has 1 aliphatic rings. The van der Waals surface area contributed by atoms with Gasteiger partial charge in [-0.25, -0.2) is 0 Å². The quantitative estimate of drug-likeness (QED) is 0.805. The molecule has 3 rings (SSSR count). The first-order valence-corrected chi connectivity index (χ1v) is 8.66. The van der Waals surface area contributed by atoms with Gasteiger partial charge in [0.1, 0.15) is 0 Å². The maximum Gasteiger partial charge on any atom is 0.154 e. The lowest BCUT2D eigenvalue weighted by Gasteiger charge is -2.37. The van der Waals surface area contributed by atoms with Crippen molar-refractivity contribution in [1.29, 1.82) is 0 Å². The van der Waals surface area contributed by atoms with Crippen molar-refractivity contribution in [3.8, 4) is 0 Å². The number of likely N-dealkylation sites (tertiary alicyclic amines) is 1. The maximum atomic E-state index is 12.5. The molecule has 0 aromatic heterocycles. The highest BCUT2D eigenvalue weighted by Gasteiger charge is 2.30. The number of carbonyl (C=O) groups is 1. The van der Waals surface area contributed by atoms with Gasteiger partial charge in [-0.2, -0.15) is 0 Å². The molecule has 1 saturated heterocycles. The highest BCUT2D eigenvalue weighted by Crippen LogP contribution is 2.33. The molecular formula is C21H25NO. The van der Waals surface area contributed by atoms with Crippen LogP contribution in [0.2, 0.25) is 0 Å². The van der Waals surface area contributed by atoms with E-state index in [1.165, 1.54) is 5.56 Å². The Morgan fingerprint density at radius 1 is 1.00 bits per heavy atom. The third-order valence-electron chi connectivity index (χ3n) is 4.93. The predicted molar refractivity (Wildman–Crippen MR) is 94.5 cm³/mol. The summed E-state index contributed by atoms with van der Waals surface area (Å²) < 4.78 is 0. The van der Waals surface area contributed by atoms with Crippen LogP contribution >= 0.6 is 0 Å². The summed E-state index contributed by atoms with van der Waals surface area (Å²) in [5, 5.41) is 0. The van der Waals surface area contributed by atoms with Crippen molar-refractivity contribution in [1.82, 2.24) is 4.90 Å². The van der Waals surface area contributed by atoms with Crippen molar-refractivity contribution in [3.63, 3.8) is 0 Å². The summed E-state index contributed by atoms with van der Waals surface area (Å²) in [6.45, 7) is 3.95. The van der Waals surface area contributed by atoms with Crippen LogP contribution < -0.4 is 0 Å². The minimum absolute atomic E-state index is 0.0714. The molecule has 0 aliphatic carbocycles. The first-order chi connectivity index (χ1) is 11.3. The molecule has 0 spiro atoms. The number of hydrogen-bond donors (Lipinski definition) is 0. The van der Waals surface area contributed by atoms with Crippen molar-refractivity contribution < 1.29 is 4.79 Å². The molecule has 0 N–H and O–H groups in total. The van der Waals surface area contributed by atoms with Crippen LogP contribution in [-0.2, 0) is 4.79 Å². The Kier molecular flexibility index (Phi) is 5.24. The van der Waals surface area contributed by atoms with Gasteiger partial charge in [-0.3, -0.25) is 9.69 Å². The van der Waals surface area contributed by atoms with Crippen LogP contribution in [-0.4, -0.2) is 23.8 Å². The summed E-state index contributed by atoms with van der Waals surface area (Å²) in [6.07, 6.45) is 2.85. The number of carbonyl (C=O) groups excluding carboxylic acids is 1. The molecule has 1 atom stereocenters. The molecule has 120 valence electrons. The molecule has 0 radical (unpaired) electrons. The van der Waals surface area contributed by atoms with E-state index in [9.17, 15) is 4.79 Å². The van der Waals surface area contributed by atoms with Crippen molar-refractivity contribution >= 4 is 5.78 Å². The standard InChI is InChI=1S/C21H25NO/c1-2-20(23)21(19-11-7-4-8-12-19)22-15-13-18(14-16-22)17-9-5-3-6-10-17/h3-12,18,21H,2,13-16H2,1H3/t21-/m1/s1. The highest BCUT2D eigenvalue weighted by atomic mass is 16.1. The fourth-order valence-electron chi connectivity index (χ4n) is 3.65. The largest absolute Gasteiger partial charge is 0.298 e. The molecule has 1 aliphatic heterocycles. The Bertz CT molecular complexity index is 615. The van der Waals surface area contributed by atoms with E-state index >= 15 is 0 Å². The fourth-order valence-corrected chi connectivity index (χ4v) is 3.65. The summed E-state index contributed by atoms with van der Waals surface area (Å²) >= 11 is 0. The third kappa shape index (κ3) is 3.70. The van der Waals surface area contributed by atoms with Gasteiger partial charge in [0, 0.05) is 6.42 Å². The lowest BCUT2D eigenvalue weighted by atomic mass is 9.87. The van der Waals surface area contributed by atoms with Gasteiger partial charge < -0.3 is 0 Å². The van der Waals surface area contributed by atoms with Gasteiger partial charge in [-0.15, -0.1) is 0 Å². The Balaban J connectivity index is 1.72. The second kappa shape index (κ2) is 7.56. The predicted octanol–water partition coefficient (Wildman–Crippen LogP) is 4.59. The SMILES string of the molecule is CCC(=O)[C@@H](c1ccccc1)N1CCC(c2ccccc2)CC1. The maximum absolute atomic E-state index is 12.5. The van der Waals surface area contributed by atoms with Gasteiger partial charge in [-0.05, 0) is 43.0 Å². The Morgan fingerprint density at radius 2 is 1.57 bits per heavy atom. The van der Waals surface area contributed by atoms with E-state index in [2.05, 4.69) is 47.4 Å². The fraction of sp³-hybridized carbons (Fsp3) is 0.381. The van der Waals surface area contributed by atoms with Crippen molar-refractivity contribution in [3.05, 3.63) is 71.8 Å². The van der Waals surface area contributed by atoms with Gasteiger partial charge in [0.15, 0.2) is 5.78 Å². The van der Waals surface area contributed by atoms with Crippen molar-refractivity contribution in [2.75, 3.05) is 13.1 Å². The highest BCUT2D eigenvalue weighted by molar-refractivity contribution is 5.85. The smallest absolute Gasteiger partial charge is 0.154 e. The summed E-state index contributed by atoms with van der Waals surface area (Å²) in [5.74, 6) is 0.954. The number of Topliss-reactive ketones (excluding diaryl/α,β-unsaturated/α-hetero) is 1. The zero-order valence-electron chi connectivity index (χ0n) is 13.8. The molecule has 2 nitrogen and oxygen atoms in total. The van der Waals surface area contributed by atoms with Crippen LogP contribution in [0, 0.1) is 0 Å². The molecular weight excluding hydrogens is 282 g/mol. The Hall–Kier alpha value is -1.93. The first kappa shape index (κ1) is 15.9. The van der Waals surface area contributed by atoms with Gasteiger partial charge in [-0.1, -0.05) is 67.6 Å². The number of nitrogens with zero attached hydrogens (tertiary/aromatic N) is 1. The van der Waals surface area contributed by atoms with Gasteiger partial charge in [0.2, 0.25) is 0 Å². The van der Waals surface area contributed by atoms with E-state index in [1.807, 2.05) is 25.1 Å². The minimum Gasteiger partial charge on any atom is -0.298 e. The molecule has 0 amide bonds. The summed E-state index contributed by atoms with van der Waals surface area (Å²) in [4.78, 5) is 14.9. The molecule has 1 fully saturated rings. The third-order valence-corrected chi connectivity index (χ3v) is 4.93. The molecule has 2 aromatic rings. The summed E-state index contributed by atoms with van der Waals surface area (Å²) in [6, 6.07) is 20.9. The van der Waals surface area contributed by atoms with Crippen LogP contribution in [0.3, 0.4) is 0 Å². The number of ketones is 1. The number of benzene rings is 2. The molecule has 0 bridgehead atoms. The lowest BCUT2D eigenvalue weighted by molar-refractivity contribution is -0.124. The molecule has 2 aromatic carbocycles. The van der Waals surface area contributed by atoms with Crippen molar-refractivity contribution in [2.45, 2.75) is 38.1 Å². The topological polar surface area (TPSA) is 20.3 Å². The van der Waals surface area contributed by atoms with E-state index in [0.717, 1.165) is 31.5 Å². The van der Waals surface area contributed by atoms with E-state index in [0.29, 0.717) is 18.1 Å². The van der Waals surface area contributed by atoms with Gasteiger partial charge in [0.05, 0.1) is 6.04 Å². The van der Waals surface area contributed by atoms with Gasteiger partial charge in [0.25, 0.3) is 0 Å². The number of piperidine rings is 1. The summed E-state index contributed by atoms with van der Waals surface area (Å²) in [5.41, 5.74) is 2.57. The number of rotatable bonds is 5. The second-order valence-corrected chi connectivity index (χ2v) is 6.35. The van der Waals surface area contributed by atoms with Crippen LogP contribution in [0.4, 0.5) is 0 Å². The molecule has 2 heteroatoms. The summed E-state index contributed by atoms with van der Waals surface area (Å²) in [7, 11) is 0. The van der Waals surface area contributed by atoms with E-state index < -0.39 is 0 Å². The van der Waals surface area contributed by atoms with E-state index in [4.69, 9.17) is 0 Å². The second-order valence-electron chi connectivity index (χ2n) is 6.35. The minimum atomic E-state index is -0.0714. The van der Waals surface area contributed by atoms with Crippen molar-refractivity contribution in [2.24, 2.45) is 0 Å². The Morgan fingerprint density at radius 3 is 2.13 bits per heavy atom. The monoisotopic (exact) mass is 307 g/mol. The van der Waals surface area contributed by atoms with E-state index in [-0.39, 0.29) is 6.04 Å². The van der Waals surface area contributed by atoms with Crippen LogP contribution in [0.15, 0.2) is 60.7 Å². The molecule has 1 heterocycles. The lowest BCUT2D eigenvalue weighted by Crippen LogP contribution is -2.39. The molecule has 0 unspecified atom stereocenters. The molecule has 0 saturated carbocycles.